The lowest BCUT2D eigenvalue weighted by atomic mass is 9.82. The van der Waals surface area contributed by atoms with Crippen molar-refractivity contribution in [3.05, 3.63) is 0 Å². The van der Waals surface area contributed by atoms with Crippen molar-refractivity contribution in [3.63, 3.8) is 0 Å². The predicted octanol–water partition coefficient (Wildman–Crippen LogP) is 2.47. The van der Waals surface area contributed by atoms with Crippen molar-refractivity contribution in [1.29, 1.82) is 0 Å². The summed E-state index contributed by atoms with van der Waals surface area (Å²) >= 11 is 3.31. The summed E-state index contributed by atoms with van der Waals surface area (Å²) in [7, 11) is 0. The van der Waals surface area contributed by atoms with Crippen molar-refractivity contribution in [3.8, 4) is 0 Å². The highest BCUT2D eigenvalue weighted by Gasteiger charge is 2.38. The van der Waals surface area contributed by atoms with Gasteiger partial charge in [0.25, 0.3) is 0 Å². The smallest absolute Gasteiger partial charge is 0.226 e. The molecule has 0 saturated heterocycles. The Labute approximate surface area is 88.6 Å². The van der Waals surface area contributed by atoms with Gasteiger partial charge in [0.05, 0.1) is 0 Å². The van der Waals surface area contributed by atoms with Crippen LogP contribution >= 0.6 is 15.9 Å². The normalized spacial score (nSPS) is 20.2. The van der Waals surface area contributed by atoms with E-state index in [0.29, 0.717) is 0 Å². The summed E-state index contributed by atoms with van der Waals surface area (Å²) in [5.41, 5.74) is -0.0256. The van der Waals surface area contributed by atoms with Gasteiger partial charge in [-0.1, -0.05) is 35.7 Å². The van der Waals surface area contributed by atoms with Crippen molar-refractivity contribution >= 4 is 21.8 Å². The number of carbonyl (C=O) groups excluding carboxylic acids is 1. The van der Waals surface area contributed by atoms with Gasteiger partial charge in [-0.15, -0.1) is 0 Å². The van der Waals surface area contributed by atoms with Crippen molar-refractivity contribution in [1.82, 2.24) is 5.32 Å². The highest BCUT2D eigenvalue weighted by molar-refractivity contribution is 9.09. The van der Waals surface area contributed by atoms with Crippen LogP contribution in [-0.2, 0) is 4.79 Å². The second-order valence-corrected chi connectivity index (χ2v) is 4.58. The second kappa shape index (κ2) is 4.99. The molecule has 13 heavy (non-hydrogen) atoms. The topological polar surface area (TPSA) is 29.1 Å². The summed E-state index contributed by atoms with van der Waals surface area (Å²) < 4.78 is 0. The molecule has 0 spiro atoms. The number of nitrogens with one attached hydrogen (secondary N) is 1. The Hall–Kier alpha value is -0.0500. The first-order chi connectivity index (χ1) is 6.25. The maximum Gasteiger partial charge on any atom is 0.226 e. The number of halogens is 1. The Kier molecular flexibility index (Phi) is 4.23. The molecule has 1 N–H and O–H groups in total. The van der Waals surface area contributed by atoms with E-state index in [1.54, 1.807) is 0 Å². The van der Waals surface area contributed by atoms with E-state index >= 15 is 0 Å². The molecule has 0 aromatic carbocycles. The van der Waals surface area contributed by atoms with E-state index in [-0.39, 0.29) is 11.3 Å². The first-order valence-electron chi connectivity index (χ1n) is 5.09. The molecule has 0 unspecified atom stereocenters. The van der Waals surface area contributed by atoms with Crippen molar-refractivity contribution in [2.75, 3.05) is 11.9 Å². The van der Waals surface area contributed by atoms with Crippen molar-refractivity contribution in [2.45, 2.75) is 39.0 Å². The number of hydrogen-bond acceptors (Lipinski definition) is 1. The molecule has 1 aliphatic carbocycles. The summed E-state index contributed by atoms with van der Waals surface area (Å²) in [6.07, 6.45) is 5.58. The van der Waals surface area contributed by atoms with Gasteiger partial charge in [-0.05, 0) is 19.3 Å². The highest BCUT2D eigenvalue weighted by Crippen LogP contribution is 2.40. The molecule has 0 atom stereocenters. The van der Waals surface area contributed by atoms with Crippen LogP contribution in [0.4, 0.5) is 0 Å². The van der Waals surface area contributed by atoms with Crippen LogP contribution in [0.3, 0.4) is 0 Å². The SMILES string of the molecule is CCC1(C(=O)NCCBr)CCCC1. The molecule has 1 saturated carbocycles. The van der Waals surface area contributed by atoms with Crippen LogP contribution in [0.2, 0.25) is 0 Å². The predicted molar refractivity (Wildman–Crippen MR) is 58.0 cm³/mol. The Balaban J connectivity index is 2.49. The van der Waals surface area contributed by atoms with Crippen LogP contribution < -0.4 is 5.32 Å². The van der Waals surface area contributed by atoms with Crippen molar-refractivity contribution in [2.24, 2.45) is 5.41 Å². The van der Waals surface area contributed by atoms with E-state index in [1.807, 2.05) is 0 Å². The molecule has 76 valence electrons. The molecule has 0 aromatic rings. The number of alkyl halides is 1. The molecule has 1 rings (SSSR count). The first kappa shape index (κ1) is 11.0. The maximum atomic E-state index is 11.8. The van der Waals surface area contributed by atoms with Crippen LogP contribution in [0.5, 0.6) is 0 Å². The van der Waals surface area contributed by atoms with E-state index in [1.165, 1.54) is 12.8 Å². The summed E-state index contributed by atoms with van der Waals surface area (Å²) in [4.78, 5) is 11.8. The summed E-state index contributed by atoms with van der Waals surface area (Å²) in [6.45, 7) is 2.87. The number of carbonyl (C=O) groups is 1. The molecular weight excluding hydrogens is 230 g/mol. The molecule has 0 bridgehead atoms. The summed E-state index contributed by atoms with van der Waals surface area (Å²) in [5, 5.41) is 3.83. The minimum absolute atomic E-state index is 0.0256. The van der Waals surface area contributed by atoms with E-state index in [0.717, 1.165) is 31.1 Å². The molecule has 1 fully saturated rings. The zero-order valence-corrected chi connectivity index (χ0v) is 9.82. The maximum absolute atomic E-state index is 11.8. The lowest BCUT2D eigenvalue weighted by Crippen LogP contribution is -2.39. The molecule has 1 amide bonds. The Morgan fingerprint density at radius 2 is 2.08 bits per heavy atom. The fourth-order valence-corrected chi connectivity index (χ4v) is 2.34. The average molecular weight is 248 g/mol. The quantitative estimate of drug-likeness (QED) is 0.761. The van der Waals surface area contributed by atoms with Gasteiger partial charge in [-0.25, -0.2) is 0 Å². The standard InChI is InChI=1S/C10H18BrNO/c1-2-10(5-3-4-6-10)9(13)12-8-7-11/h2-8H2,1H3,(H,12,13). The highest BCUT2D eigenvalue weighted by atomic mass is 79.9. The second-order valence-electron chi connectivity index (χ2n) is 3.79. The molecule has 1 aliphatic rings. The first-order valence-corrected chi connectivity index (χ1v) is 6.21. The average Bonchev–Trinajstić information content (AvgIpc) is 2.63. The lowest BCUT2D eigenvalue weighted by molar-refractivity contribution is -0.130. The summed E-state index contributed by atoms with van der Waals surface area (Å²) in [5.74, 6) is 0.270. The zero-order chi connectivity index (χ0) is 9.73. The van der Waals surface area contributed by atoms with E-state index in [4.69, 9.17) is 0 Å². The van der Waals surface area contributed by atoms with E-state index < -0.39 is 0 Å². The monoisotopic (exact) mass is 247 g/mol. The van der Waals surface area contributed by atoms with Gasteiger partial charge in [-0.3, -0.25) is 4.79 Å². The van der Waals surface area contributed by atoms with E-state index in [9.17, 15) is 4.79 Å². The largest absolute Gasteiger partial charge is 0.355 e. The van der Waals surface area contributed by atoms with Crippen molar-refractivity contribution < 1.29 is 4.79 Å². The van der Waals surface area contributed by atoms with Crippen LogP contribution in [0, 0.1) is 5.41 Å². The number of hydrogen-bond donors (Lipinski definition) is 1. The zero-order valence-electron chi connectivity index (χ0n) is 8.24. The molecule has 0 heterocycles. The third-order valence-electron chi connectivity index (χ3n) is 3.10. The minimum Gasteiger partial charge on any atom is -0.355 e. The molecule has 2 nitrogen and oxygen atoms in total. The number of rotatable bonds is 4. The third kappa shape index (κ3) is 2.46. The minimum atomic E-state index is -0.0256. The van der Waals surface area contributed by atoms with Gasteiger partial charge in [0, 0.05) is 17.3 Å². The van der Waals surface area contributed by atoms with E-state index in [2.05, 4.69) is 28.2 Å². The van der Waals surface area contributed by atoms with Crippen LogP contribution in [0.25, 0.3) is 0 Å². The van der Waals surface area contributed by atoms with Gasteiger partial charge < -0.3 is 5.32 Å². The third-order valence-corrected chi connectivity index (χ3v) is 3.50. The molecular formula is C10H18BrNO. The van der Waals surface area contributed by atoms with Gasteiger partial charge in [0.1, 0.15) is 0 Å². The fourth-order valence-electron chi connectivity index (χ4n) is 2.14. The molecule has 0 radical (unpaired) electrons. The van der Waals surface area contributed by atoms with Gasteiger partial charge in [0.15, 0.2) is 0 Å². The van der Waals surface area contributed by atoms with Crippen LogP contribution in [-0.4, -0.2) is 17.8 Å². The lowest BCUT2D eigenvalue weighted by Gasteiger charge is -2.25. The Morgan fingerprint density at radius 3 is 2.54 bits per heavy atom. The molecule has 0 aliphatic heterocycles. The Morgan fingerprint density at radius 1 is 1.46 bits per heavy atom. The van der Waals surface area contributed by atoms with Gasteiger partial charge in [-0.2, -0.15) is 0 Å². The summed E-state index contributed by atoms with van der Waals surface area (Å²) in [6, 6.07) is 0. The van der Waals surface area contributed by atoms with Gasteiger partial charge in [0.2, 0.25) is 5.91 Å². The number of amides is 1. The van der Waals surface area contributed by atoms with Gasteiger partial charge >= 0.3 is 0 Å². The molecule has 3 heteroatoms. The fraction of sp³-hybridized carbons (Fsp3) is 0.900. The van der Waals surface area contributed by atoms with Crippen LogP contribution in [0.15, 0.2) is 0 Å². The Bertz CT molecular complexity index is 176. The molecule has 0 aromatic heterocycles. The van der Waals surface area contributed by atoms with Crippen LogP contribution in [0.1, 0.15) is 39.0 Å².